The van der Waals surface area contributed by atoms with Crippen LogP contribution in [-0.2, 0) is 33.2 Å². The van der Waals surface area contributed by atoms with Gasteiger partial charge in [0.05, 0.1) is 72.8 Å². The number of rotatable bonds is 29. The number of aromatic nitrogens is 18. The van der Waals surface area contributed by atoms with E-state index in [4.69, 9.17) is 79.4 Å². The maximum atomic E-state index is 12.4. The minimum Gasteiger partial charge on any atom is -0.465 e. The molecule has 0 aliphatic carbocycles. The van der Waals surface area contributed by atoms with Crippen molar-refractivity contribution in [2.45, 2.75) is 236 Å². The number of halogens is 5. The number of aryl methyl sites for hydroxylation is 1. The fraction of sp³-hybridized carbons (Fsp3) is 0.512. The Kier molecular flexibility index (Phi) is 38.1. The number of anilines is 1. The zero-order valence-corrected chi connectivity index (χ0v) is 79.4. The standard InChI is InChI=1S/C16H24ClN5O2.C16H22ClN3O3S2.C15H21ClN4O2.C12H16ClN5O2.C12H18N4O.C11H14ClN3O2/c1-6-10(7-2)22-13-11(9-21(5)16(24)20(3)4)12(17)8-18-14(13)19-15(22)23;1-4-10(5-2)20-14-11(8-24-25-9-13(21)23-6-3)12(17)7-18-15(14)19-16(20)22;1-5-10(6-2)20-13-11(8-19(4)9(3)21)12(16)7-17-14(13)18-15(20)22;1-3-6(4-2)18-9-8(10(14)17-20)7(13)5-15-11(9)16-12(18)19;1-4-8(5-2)16-10-7(3)9(13)6-14-11(10)15-12(16)17;1-3-6(4-2)15-8-9(16)7(12)5-13-10(8)14-11(15)17/h8,10H,6-7,9H2,1-5H3,(H,18,19,23);7,10H,4-6,8-9H2,1-3H3,(H,18,19,22);7,10H,5-6,8H2,1-4H3,(H,17,18,22);5-6,20H,3-4H2,1-2H3,(H2,14,17)(H,15,16,19);6,8H,4-5,13H2,1-3H3,(H,14,15,17);5-6H,3-4H2,1-2H3,(H2,13,14,16,17). The highest BCUT2D eigenvalue weighted by Crippen LogP contribution is 2.36. The van der Waals surface area contributed by atoms with E-state index >= 15 is 0 Å². The van der Waals surface area contributed by atoms with Crippen molar-refractivity contribution in [1.29, 1.82) is 0 Å². The van der Waals surface area contributed by atoms with E-state index in [1.54, 1.807) is 80.1 Å². The summed E-state index contributed by atoms with van der Waals surface area (Å²) in [5.74, 6) is 0.395. The minimum absolute atomic E-state index is 0.0100. The molecule has 0 saturated carbocycles. The van der Waals surface area contributed by atoms with Crippen molar-refractivity contribution in [2.24, 2.45) is 10.9 Å². The van der Waals surface area contributed by atoms with Crippen LogP contribution in [0.4, 0.5) is 10.5 Å². The van der Waals surface area contributed by atoms with Crippen LogP contribution < -0.4 is 51.0 Å². The third-order valence-corrected chi connectivity index (χ3v) is 25.5. The van der Waals surface area contributed by atoms with Gasteiger partial charge in [0.25, 0.3) is 0 Å². The van der Waals surface area contributed by atoms with Gasteiger partial charge in [-0.25, -0.2) is 58.5 Å². The number of oxime groups is 1. The maximum absolute atomic E-state index is 12.4. The molecule has 12 N–H and O–H groups in total. The summed E-state index contributed by atoms with van der Waals surface area (Å²) in [6.07, 6.45) is 18.9. The normalized spacial score (nSPS) is 11.6. The highest BCUT2D eigenvalue weighted by molar-refractivity contribution is 8.76. The van der Waals surface area contributed by atoms with Crippen molar-refractivity contribution in [1.82, 2.24) is 102 Å². The number of fused-ring (bicyclic) bond motifs is 6. The van der Waals surface area contributed by atoms with E-state index in [1.165, 1.54) is 62.8 Å². The van der Waals surface area contributed by atoms with Gasteiger partial charge in [0.1, 0.15) is 27.5 Å². The van der Waals surface area contributed by atoms with Crippen LogP contribution in [0.25, 0.3) is 67.0 Å². The van der Waals surface area contributed by atoms with E-state index in [0.29, 0.717) is 108 Å². The highest BCUT2D eigenvalue weighted by Gasteiger charge is 2.28. The lowest BCUT2D eigenvalue weighted by atomic mass is 10.1. The molecular formula is C82H115Cl5N24O12S2. The summed E-state index contributed by atoms with van der Waals surface area (Å²) in [5.41, 5.74) is 20.9. The molecule has 682 valence electrons. The number of imidazole rings is 6. The second kappa shape index (κ2) is 46.8. The van der Waals surface area contributed by atoms with Crippen molar-refractivity contribution in [3.05, 3.63) is 163 Å². The Labute approximate surface area is 753 Å². The van der Waals surface area contributed by atoms with Crippen LogP contribution in [-0.4, -0.2) is 171 Å². The summed E-state index contributed by atoms with van der Waals surface area (Å²) in [4.78, 5) is 165. The number of nitrogens with two attached hydrogens (primary N) is 2. The van der Waals surface area contributed by atoms with Gasteiger partial charge in [0.2, 0.25) is 11.3 Å². The van der Waals surface area contributed by atoms with Crippen molar-refractivity contribution in [3.63, 3.8) is 0 Å². The molecule has 0 unspecified atom stereocenters. The first-order chi connectivity index (χ1) is 59.5. The molecule has 0 fully saturated rings. The van der Waals surface area contributed by atoms with E-state index in [9.17, 15) is 47.9 Å². The number of amides is 3. The van der Waals surface area contributed by atoms with Crippen LogP contribution in [0.3, 0.4) is 0 Å². The molecule has 12 heterocycles. The third kappa shape index (κ3) is 23.1. The smallest absolute Gasteiger partial charge is 0.327 e. The molecule has 0 saturated heterocycles. The van der Waals surface area contributed by atoms with Crippen molar-refractivity contribution in [2.75, 3.05) is 46.3 Å². The Balaban J connectivity index is 0.000000207. The quantitative estimate of drug-likeness (QED) is 0.00396. The lowest BCUT2D eigenvalue weighted by molar-refractivity contribution is -0.139. The summed E-state index contributed by atoms with van der Waals surface area (Å²) >= 11 is 30.9. The zero-order valence-electron chi connectivity index (χ0n) is 74.0. The highest BCUT2D eigenvalue weighted by atomic mass is 35.5. The number of nitrogens with one attached hydrogen (secondary N) is 7. The Bertz CT molecular complexity index is 6200. The summed E-state index contributed by atoms with van der Waals surface area (Å²) in [7, 11) is 9.72. The fourth-order valence-corrected chi connectivity index (χ4v) is 17.9. The number of aromatic amines is 7. The molecule has 12 aromatic heterocycles. The number of H-pyrrole nitrogens is 7. The average Bonchev–Trinajstić information content (AvgIpc) is 1.63. The number of carbonyl (C=O) groups is 3. The number of urea groups is 1. The summed E-state index contributed by atoms with van der Waals surface area (Å²) in [6.45, 7) is 30.6. The first-order valence-electron chi connectivity index (χ1n) is 41.5. The molecular weight excluding hydrogens is 1750 g/mol. The van der Waals surface area contributed by atoms with Gasteiger partial charge in [0.15, 0.2) is 34.1 Å². The average molecular weight is 1870 g/mol. The maximum Gasteiger partial charge on any atom is 0.327 e. The number of pyridine rings is 6. The lowest BCUT2D eigenvalue weighted by Crippen LogP contribution is -2.36. The van der Waals surface area contributed by atoms with Gasteiger partial charge in [-0.2, -0.15) is 0 Å². The van der Waals surface area contributed by atoms with Gasteiger partial charge >= 0.3 is 46.1 Å². The minimum atomic E-state index is -0.314. The number of hydrogen-bond acceptors (Lipinski definition) is 21. The van der Waals surface area contributed by atoms with Crippen LogP contribution in [0, 0.1) is 6.92 Å². The van der Waals surface area contributed by atoms with E-state index < -0.39 is 0 Å². The molecule has 12 aromatic rings. The fourth-order valence-electron chi connectivity index (χ4n) is 14.9. The molecule has 0 spiro atoms. The molecule has 0 bridgehead atoms. The molecule has 0 atom stereocenters. The summed E-state index contributed by atoms with van der Waals surface area (Å²) < 4.78 is 15.0. The molecule has 36 nitrogen and oxygen atoms in total. The molecule has 0 radical (unpaired) electrons. The van der Waals surface area contributed by atoms with Crippen molar-refractivity contribution >= 4 is 176 Å². The molecule has 0 aromatic carbocycles. The molecule has 0 aliphatic rings. The second-order valence-electron chi connectivity index (χ2n) is 29.6. The van der Waals surface area contributed by atoms with Gasteiger partial charge < -0.3 is 41.1 Å². The molecule has 43 heteroatoms. The van der Waals surface area contributed by atoms with E-state index in [0.717, 1.165) is 110 Å². The van der Waals surface area contributed by atoms with Gasteiger partial charge in [-0.05, 0) is 90.9 Å². The van der Waals surface area contributed by atoms with Crippen LogP contribution in [0.15, 0.2) is 75.9 Å². The zero-order chi connectivity index (χ0) is 92.9. The molecule has 3 amide bonds. The first-order valence-corrected chi connectivity index (χ1v) is 45.9. The predicted molar refractivity (Wildman–Crippen MR) is 502 cm³/mol. The van der Waals surface area contributed by atoms with Gasteiger partial charge in [-0.3, -0.25) is 71.7 Å². The van der Waals surface area contributed by atoms with Crippen LogP contribution in [0.2, 0.25) is 25.1 Å². The SMILES string of the molecule is CCC(CC)n1c(=O)[nH]c2[nH]cc(Cl)c(=O)c21.CCC(CC)n1c(=O)[nH]c2ncc(Cl)c(C(N)=NO)c21.CCC(CC)n1c(=O)[nH]c2ncc(Cl)c(CN(C)C(=O)N(C)C)c21.CCC(CC)n1c(=O)[nH]c2ncc(Cl)c(CN(C)C(C)=O)c21.CCC(CC)n1c(=O)[nH]c2ncc(N)c(C)c21.CCOC(=O)CSSCc1c(Cl)cnc2[nH]c(=O)n(C(CC)CC)c12. The Morgan fingerprint density at radius 2 is 0.792 bits per heavy atom. The number of amidine groups is 1. The van der Waals surface area contributed by atoms with Crippen LogP contribution >= 0.6 is 79.6 Å². The predicted octanol–water partition coefficient (Wildman–Crippen LogP) is 15.6. The van der Waals surface area contributed by atoms with Gasteiger partial charge in [0, 0.05) is 137 Å². The number of hydrogen-bond donors (Lipinski definition) is 10. The summed E-state index contributed by atoms with van der Waals surface area (Å²) in [5, 5.41) is 13.6. The lowest BCUT2D eigenvalue weighted by Gasteiger charge is -2.23. The molecule has 0 aliphatic heterocycles. The number of carbonyl (C=O) groups excluding carboxylic acids is 3. The number of ether oxygens (including phenoxy) is 1. The largest absolute Gasteiger partial charge is 0.465 e. The summed E-state index contributed by atoms with van der Waals surface area (Å²) in [6, 6.07) is 0.277. The third-order valence-electron chi connectivity index (χ3n) is 21.8. The van der Waals surface area contributed by atoms with Gasteiger partial charge in [-0.1, -0.05) is 168 Å². The topological polar surface area (TPSA) is 479 Å². The van der Waals surface area contributed by atoms with Crippen molar-refractivity contribution < 1.29 is 24.3 Å². The molecule has 125 heavy (non-hydrogen) atoms. The van der Waals surface area contributed by atoms with E-state index in [1.807, 2.05) is 62.3 Å². The first kappa shape index (κ1) is 102. The van der Waals surface area contributed by atoms with Crippen LogP contribution in [0.5, 0.6) is 0 Å². The second-order valence-corrected chi connectivity index (χ2v) is 34.1. The van der Waals surface area contributed by atoms with Crippen molar-refractivity contribution in [3.8, 4) is 0 Å². The number of esters is 1. The number of nitrogen functional groups attached to an aromatic ring is 1. The van der Waals surface area contributed by atoms with Gasteiger partial charge in [-0.15, -0.1) is 0 Å². The van der Waals surface area contributed by atoms with Crippen LogP contribution in [0.1, 0.15) is 238 Å². The Morgan fingerprint density at radius 3 is 1.17 bits per heavy atom. The molecule has 12 rings (SSSR count). The van der Waals surface area contributed by atoms with E-state index in [2.05, 4.69) is 92.7 Å². The Hall–Kier alpha value is -10.3. The monoisotopic (exact) mass is 1870 g/mol. The Morgan fingerprint density at radius 1 is 0.464 bits per heavy atom. The van der Waals surface area contributed by atoms with E-state index in [-0.39, 0.29) is 115 Å². The number of nitrogens with zero attached hydrogens (tertiary/aromatic N) is 15.